The average Bonchev–Trinajstić information content (AvgIpc) is 3.24. The fourth-order valence-electron chi connectivity index (χ4n) is 3.39. The first-order valence-corrected chi connectivity index (χ1v) is 8.01. The quantitative estimate of drug-likeness (QED) is 0.451. The Labute approximate surface area is 139 Å². The molecule has 24 heavy (non-hydrogen) atoms. The second-order valence-corrected chi connectivity index (χ2v) is 5.80. The lowest BCUT2D eigenvalue weighted by molar-refractivity contribution is 0.937. The van der Waals surface area contributed by atoms with E-state index in [-0.39, 0.29) is 0 Å². The summed E-state index contributed by atoms with van der Waals surface area (Å²) in [6, 6.07) is 27.3. The van der Waals surface area contributed by atoms with Gasteiger partial charge in [-0.1, -0.05) is 54.6 Å². The van der Waals surface area contributed by atoms with Gasteiger partial charge < -0.3 is 0 Å². The number of imidazole rings is 1. The van der Waals surface area contributed by atoms with Crippen LogP contribution in [0.3, 0.4) is 0 Å². The van der Waals surface area contributed by atoms with Gasteiger partial charge in [-0.05, 0) is 24.3 Å². The third-order valence-corrected chi connectivity index (χ3v) is 4.44. The van der Waals surface area contributed by atoms with Crippen molar-refractivity contribution in [2.24, 2.45) is 0 Å². The fourth-order valence-corrected chi connectivity index (χ4v) is 3.39. The molecule has 3 heteroatoms. The maximum absolute atomic E-state index is 4.66. The summed E-state index contributed by atoms with van der Waals surface area (Å²) in [7, 11) is 0. The number of nitrogens with zero attached hydrogens (tertiary/aromatic N) is 3. The minimum atomic E-state index is 0.901. The van der Waals surface area contributed by atoms with Crippen LogP contribution in [0.1, 0.15) is 0 Å². The summed E-state index contributed by atoms with van der Waals surface area (Å²) in [5, 5.41) is 2.49. The zero-order chi connectivity index (χ0) is 15.9. The van der Waals surface area contributed by atoms with Gasteiger partial charge in [0.05, 0.1) is 11.0 Å². The Morgan fingerprint density at radius 3 is 1.88 bits per heavy atom. The van der Waals surface area contributed by atoms with E-state index in [0.29, 0.717) is 0 Å². The molecule has 0 bridgehead atoms. The third-order valence-electron chi connectivity index (χ3n) is 4.44. The molecule has 0 unspecified atom stereocenters. The molecule has 0 amide bonds. The molecule has 5 rings (SSSR count). The second-order valence-electron chi connectivity index (χ2n) is 5.80. The number of fused-ring (bicyclic) bond motifs is 3. The van der Waals surface area contributed by atoms with Crippen molar-refractivity contribution in [3.05, 3.63) is 91.3 Å². The third kappa shape index (κ3) is 1.82. The van der Waals surface area contributed by atoms with Gasteiger partial charge in [-0.25, -0.2) is 4.98 Å². The van der Waals surface area contributed by atoms with Crippen LogP contribution in [-0.2, 0) is 0 Å². The van der Waals surface area contributed by atoms with Crippen LogP contribution < -0.4 is 0 Å². The number of aromatic nitrogens is 3. The molecule has 0 aliphatic carbocycles. The summed E-state index contributed by atoms with van der Waals surface area (Å²) < 4.78 is 4.36. The van der Waals surface area contributed by atoms with Crippen molar-refractivity contribution in [1.29, 1.82) is 0 Å². The molecular weight excluding hydrogens is 294 g/mol. The lowest BCUT2D eigenvalue weighted by atomic mass is 10.2. The summed E-state index contributed by atoms with van der Waals surface area (Å²) in [5.74, 6) is 0.901. The normalized spacial score (nSPS) is 11.3. The molecule has 5 aromatic rings. The first-order chi connectivity index (χ1) is 11.9. The monoisotopic (exact) mass is 309 g/mol. The Kier molecular flexibility index (Phi) is 2.79. The molecular formula is C21H15N3. The topological polar surface area (TPSA) is 22.8 Å². The first kappa shape index (κ1) is 13.1. The minimum Gasteiger partial charge on any atom is -0.286 e. The predicted molar refractivity (Wildman–Crippen MR) is 97.9 cm³/mol. The lowest BCUT2D eigenvalue weighted by Crippen LogP contribution is -2.04. The van der Waals surface area contributed by atoms with Crippen molar-refractivity contribution >= 4 is 21.8 Å². The van der Waals surface area contributed by atoms with Crippen LogP contribution in [0, 0.1) is 0 Å². The highest BCUT2D eigenvalue weighted by atomic mass is 15.2. The number of rotatable bonds is 2. The van der Waals surface area contributed by atoms with Crippen LogP contribution in [0.2, 0.25) is 0 Å². The summed E-state index contributed by atoms with van der Waals surface area (Å²) >= 11 is 0. The Bertz CT molecular complexity index is 1100. The molecule has 3 nitrogen and oxygen atoms in total. The van der Waals surface area contributed by atoms with Crippen molar-refractivity contribution < 1.29 is 0 Å². The molecule has 0 spiro atoms. The van der Waals surface area contributed by atoms with E-state index in [9.17, 15) is 0 Å². The van der Waals surface area contributed by atoms with Gasteiger partial charge in [-0.15, -0.1) is 0 Å². The van der Waals surface area contributed by atoms with E-state index in [4.69, 9.17) is 0 Å². The maximum atomic E-state index is 4.66. The summed E-state index contributed by atoms with van der Waals surface area (Å²) in [6.45, 7) is 0. The van der Waals surface area contributed by atoms with Gasteiger partial charge in [-0.2, -0.15) is 0 Å². The zero-order valence-corrected chi connectivity index (χ0v) is 13.0. The highest BCUT2D eigenvalue weighted by molar-refractivity contribution is 6.08. The van der Waals surface area contributed by atoms with Gasteiger partial charge >= 0.3 is 0 Å². The van der Waals surface area contributed by atoms with Gasteiger partial charge in [0, 0.05) is 28.9 Å². The van der Waals surface area contributed by atoms with Gasteiger partial charge in [0.15, 0.2) is 0 Å². The van der Waals surface area contributed by atoms with E-state index < -0.39 is 0 Å². The average molecular weight is 309 g/mol. The van der Waals surface area contributed by atoms with E-state index in [1.807, 2.05) is 30.6 Å². The SMILES string of the molecule is c1ccc(-n2ccnc2-n2c3ccccc3c3ccccc32)cc1. The number of para-hydroxylation sites is 3. The Morgan fingerprint density at radius 1 is 0.625 bits per heavy atom. The summed E-state index contributed by atoms with van der Waals surface area (Å²) in [6.07, 6.45) is 3.86. The van der Waals surface area contributed by atoms with Gasteiger partial charge in [0.2, 0.25) is 5.95 Å². The Morgan fingerprint density at radius 2 is 1.21 bits per heavy atom. The predicted octanol–water partition coefficient (Wildman–Crippen LogP) is 4.97. The molecule has 0 atom stereocenters. The largest absolute Gasteiger partial charge is 0.286 e. The molecule has 0 saturated carbocycles. The maximum Gasteiger partial charge on any atom is 0.219 e. The minimum absolute atomic E-state index is 0.901. The van der Waals surface area contributed by atoms with Crippen molar-refractivity contribution in [1.82, 2.24) is 14.1 Å². The van der Waals surface area contributed by atoms with Crippen molar-refractivity contribution in [2.75, 3.05) is 0 Å². The molecule has 3 aromatic carbocycles. The van der Waals surface area contributed by atoms with Gasteiger partial charge in [-0.3, -0.25) is 9.13 Å². The molecule has 0 N–H and O–H groups in total. The molecule has 2 aromatic heterocycles. The number of hydrogen-bond acceptors (Lipinski definition) is 1. The van der Waals surface area contributed by atoms with Crippen molar-refractivity contribution in [3.63, 3.8) is 0 Å². The van der Waals surface area contributed by atoms with Gasteiger partial charge in [0.1, 0.15) is 0 Å². The molecule has 0 aliphatic heterocycles. The molecule has 0 aliphatic rings. The molecule has 0 fully saturated rings. The summed E-state index contributed by atoms with van der Waals surface area (Å²) in [4.78, 5) is 4.66. The lowest BCUT2D eigenvalue weighted by Gasteiger charge is -2.11. The van der Waals surface area contributed by atoms with E-state index >= 15 is 0 Å². The van der Waals surface area contributed by atoms with Crippen LogP contribution in [0.5, 0.6) is 0 Å². The smallest absolute Gasteiger partial charge is 0.219 e. The van der Waals surface area contributed by atoms with Crippen LogP contribution in [-0.4, -0.2) is 14.1 Å². The van der Waals surface area contributed by atoms with E-state index in [1.165, 1.54) is 21.8 Å². The van der Waals surface area contributed by atoms with Gasteiger partial charge in [0.25, 0.3) is 0 Å². The molecule has 114 valence electrons. The zero-order valence-electron chi connectivity index (χ0n) is 13.0. The van der Waals surface area contributed by atoms with Crippen LogP contribution in [0.4, 0.5) is 0 Å². The highest BCUT2D eigenvalue weighted by Gasteiger charge is 2.15. The Hall–Kier alpha value is -3.33. The van der Waals surface area contributed by atoms with E-state index in [0.717, 1.165) is 11.6 Å². The molecule has 2 heterocycles. The molecule has 0 saturated heterocycles. The van der Waals surface area contributed by atoms with Crippen molar-refractivity contribution in [2.45, 2.75) is 0 Å². The fraction of sp³-hybridized carbons (Fsp3) is 0. The second kappa shape index (κ2) is 5.10. The van der Waals surface area contributed by atoms with Crippen LogP contribution in [0.25, 0.3) is 33.4 Å². The van der Waals surface area contributed by atoms with Crippen molar-refractivity contribution in [3.8, 4) is 11.6 Å². The number of benzene rings is 3. The molecule has 0 radical (unpaired) electrons. The van der Waals surface area contributed by atoms with E-state index in [2.05, 4.69) is 74.8 Å². The summed E-state index contributed by atoms with van der Waals surface area (Å²) in [5.41, 5.74) is 3.44. The standard InChI is InChI=1S/C21H15N3/c1-2-8-16(9-3-1)23-15-14-22-21(23)24-19-12-6-4-10-17(19)18-11-5-7-13-20(18)24/h1-15H. The first-order valence-electron chi connectivity index (χ1n) is 8.01. The highest BCUT2D eigenvalue weighted by Crippen LogP contribution is 2.31. The van der Waals surface area contributed by atoms with E-state index in [1.54, 1.807) is 0 Å². The Balaban J connectivity index is 1.89. The van der Waals surface area contributed by atoms with Crippen LogP contribution >= 0.6 is 0 Å². The van der Waals surface area contributed by atoms with Crippen LogP contribution in [0.15, 0.2) is 91.3 Å². The number of hydrogen-bond donors (Lipinski definition) is 0.